The Bertz CT molecular complexity index is 291. The van der Waals surface area contributed by atoms with Crippen LogP contribution in [0.15, 0.2) is 28.7 Å². The number of hydrogen-bond acceptors (Lipinski definition) is 2. The standard InChI is InChI=1S/C12H18BrNO/c1-3-7-14-12(9-15-2)10-5-4-6-11(13)8-10/h4-6,8,12,14H,3,7,9H2,1-2H3. The predicted molar refractivity (Wildman–Crippen MR) is 67.1 cm³/mol. The minimum atomic E-state index is 0.285. The van der Waals surface area contributed by atoms with E-state index in [1.807, 2.05) is 6.07 Å². The maximum atomic E-state index is 5.22. The van der Waals surface area contributed by atoms with Gasteiger partial charge < -0.3 is 10.1 Å². The number of nitrogens with one attached hydrogen (secondary N) is 1. The van der Waals surface area contributed by atoms with Crippen LogP contribution in [0.3, 0.4) is 0 Å². The topological polar surface area (TPSA) is 21.3 Å². The smallest absolute Gasteiger partial charge is 0.0657 e. The van der Waals surface area contributed by atoms with Gasteiger partial charge in [-0.1, -0.05) is 35.0 Å². The molecule has 0 aliphatic heterocycles. The molecule has 1 aromatic rings. The summed E-state index contributed by atoms with van der Waals surface area (Å²) >= 11 is 3.48. The van der Waals surface area contributed by atoms with Gasteiger partial charge in [0, 0.05) is 11.6 Å². The number of ether oxygens (including phenoxy) is 1. The lowest BCUT2D eigenvalue weighted by Crippen LogP contribution is -2.25. The summed E-state index contributed by atoms with van der Waals surface area (Å²) < 4.78 is 6.33. The summed E-state index contributed by atoms with van der Waals surface area (Å²) in [5, 5.41) is 3.47. The average Bonchev–Trinajstić information content (AvgIpc) is 2.24. The van der Waals surface area contributed by atoms with Crippen LogP contribution in [0.4, 0.5) is 0 Å². The second kappa shape index (κ2) is 6.99. The van der Waals surface area contributed by atoms with Gasteiger partial charge in [0.1, 0.15) is 0 Å². The zero-order valence-corrected chi connectivity index (χ0v) is 10.9. The molecule has 0 aromatic heterocycles. The Morgan fingerprint density at radius 2 is 2.27 bits per heavy atom. The highest BCUT2D eigenvalue weighted by molar-refractivity contribution is 9.10. The molecule has 1 atom stereocenters. The minimum absolute atomic E-state index is 0.285. The van der Waals surface area contributed by atoms with E-state index in [9.17, 15) is 0 Å². The van der Waals surface area contributed by atoms with E-state index in [1.165, 1.54) is 5.56 Å². The highest BCUT2D eigenvalue weighted by Crippen LogP contribution is 2.18. The molecule has 15 heavy (non-hydrogen) atoms. The van der Waals surface area contributed by atoms with Crippen molar-refractivity contribution >= 4 is 15.9 Å². The highest BCUT2D eigenvalue weighted by atomic mass is 79.9. The van der Waals surface area contributed by atoms with Crippen LogP contribution in [0.5, 0.6) is 0 Å². The van der Waals surface area contributed by atoms with Crippen LogP contribution in [-0.2, 0) is 4.74 Å². The Kier molecular flexibility index (Phi) is 5.91. The van der Waals surface area contributed by atoms with Crippen molar-refractivity contribution in [3.05, 3.63) is 34.3 Å². The summed E-state index contributed by atoms with van der Waals surface area (Å²) in [5.41, 5.74) is 1.26. The Balaban J connectivity index is 2.69. The normalized spacial score (nSPS) is 12.7. The number of rotatable bonds is 6. The van der Waals surface area contributed by atoms with Crippen LogP contribution in [0, 0.1) is 0 Å². The SMILES string of the molecule is CCCNC(COC)c1cccc(Br)c1. The molecule has 84 valence electrons. The predicted octanol–water partition coefficient (Wildman–Crippen LogP) is 3.14. The number of halogens is 1. The van der Waals surface area contributed by atoms with Crippen molar-refractivity contribution in [1.29, 1.82) is 0 Å². The molecule has 1 rings (SSSR count). The van der Waals surface area contributed by atoms with E-state index in [0.29, 0.717) is 6.61 Å². The van der Waals surface area contributed by atoms with Crippen molar-refractivity contribution in [3.8, 4) is 0 Å². The molecule has 1 N–H and O–H groups in total. The zero-order chi connectivity index (χ0) is 11.1. The molecule has 0 heterocycles. The van der Waals surface area contributed by atoms with Crippen LogP contribution in [0.1, 0.15) is 24.9 Å². The van der Waals surface area contributed by atoms with Crippen molar-refractivity contribution < 1.29 is 4.74 Å². The lowest BCUT2D eigenvalue weighted by Gasteiger charge is -2.18. The highest BCUT2D eigenvalue weighted by Gasteiger charge is 2.09. The quantitative estimate of drug-likeness (QED) is 0.859. The molecule has 1 unspecified atom stereocenters. The van der Waals surface area contributed by atoms with Crippen molar-refractivity contribution in [3.63, 3.8) is 0 Å². The first kappa shape index (κ1) is 12.7. The number of benzene rings is 1. The molecule has 0 aliphatic rings. The van der Waals surface area contributed by atoms with Gasteiger partial charge in [-0.3, -0.25) is 0 Å². The fraction of sp³-hybridized carbons (Fsp3) is 0.500. The summed E-state index contributed by atoms with van der Waals surface area (Å²) in [7, 11) is 1.73. The van der Waals surface area contributed by atoms with Gasteiger partial charge in [-0.05, 0) is 30.7 Å². The molecular formula is C12H18BrNO. The molecule has 0 radical (unpaired) electrons. The third-order valence-corrected chi connectivity index (χ3v) is 2.72. The lowest BCUT2D eigenvalue weighted by atomic mass is 10.1. The molecule has 0 aliphatic carbocycles. The Hall–Kier alpha value is -0.380. The number of methoxy groups -OCH3 is 1. The van der Waals surface area contributed by atoms with Crippen molar-refractivity contribution in [2.45, 2.75) is 19.4 Å². The van der Waals surface area contributed by atoms with Crippen molar-refractivity contribution in [2.75, 3.05) is 20.3 Å². The first-order chi connectivity index (χ1) is 7.27. The van der Waals surface area contributed by atoms with Gasteiger partial charge in [0.15, 0.2) is 0 Å². The van der Waals surface area contributed by atoms with E-state index in [1.54, 1.807) is 7.11 Å². The van der Waals surface area contributed by atoms with Crippen LogP contribution in [0.25, 0.3) is 0 Å². The van der Waals surface area contributed by atoms with Crippen LogP contribution >= 0.6 is 15.9 Å². The van der Waals surface area contributed by atoms with Crippen molar-refractivity contribution in [1.82, 2.24) is 5.32 Å². The summed E-state index contributed by atoms with van der Waals surface area (Å²) in [6.45, 7) is 3.88. The molecule has 3 heteroatoms. The zero-order valence-electron chi connectivity index (χ0n) is 9.29. The van der Waals surface area contributed by atoms with Gasteiger partial charge in [-0.2, -0.15) is 0 Å². The molecular weight excluding hydrogens is 254 g/mol. The molecule has 0 spiro atoms. The summed E-state index contributed by atoms with van der Waals surface area (Å²) in [5.74, 6) is 0. The Labute approximate surface area is 100 Å². The first-order valence-electron chi connectivity index (χ1n) is 5.25. The molecule has 0 saturated carbocycles. The Morgan fingerprint density at radius 3 is 2.87 bits per heavy atom. The van der Waals surface area contributed by atoms with Crippen LogP contribution in [0.2, 0.25) is 0 Å². The summed E-state index contributed by atoms with van der Waals surface area (Å²) in [4.78, 5) is 0. The van der Waals surface area contributed by atoms with Crippen LogP contribution < -0.4 is 5.32 Å². The van der Waals surface area contributed by atoms with Gasteiger partial charge in [0.2, 0.25) is 0 Å². The van der Waals surface area contributed by atoms with Crippen molar-refractivity contribution in [2.24, 2.45) is 0 Å². The lowest BCUT2D eigenvalue weighted by molar-refractivity contribution is 0.167. The molecule has 0 amide bonds. The van der Waals surface area contributed by atoms with Gasteiger partial charge in [-0.25, -0.2) is 0 Å². The van der Waals surface area contributed by atoms with Gasteiger partial charge in [-0.15, -0.1) is 0 Å². The third-order valence-electron chi connectivity index (χ3n) is 2.23. The average molecular weight is 272 g/mol. The molecule has 0 fully saturated rings. The molecule has 2 nitrogen and oxygen atoms in total. The van der Waals surface area contributed by atoms with Crippen LogP contribution in [-0.4, -0.2) is 20.3 Å². The third kappa shape index (κ3) is 4.33. The van der Waals surface area contributed by atoms with E-state index < -0.39 is 0 Å². The second-order valence-electron chi connectivity index (χ2n) is 3.52. The Morgan fingerprint density at radius 1 is 1.47 bits per heavy atom. The van der Waals surface area contributed by atoms with E-state index in [0.717, 1.165) is 17.4 Å². The van der Waals surface area contributed by atoms with Gasteiger partial charge in [0.25, 0.3) is 0 Å². The largest absolute Gasteiger partial charge is 0.383 e. The maximum Gasteiger partial charge on any atom is 0.0657 e. The first-order valence-corrected chi connectivity index (χ1v) is 6.05. The summed E-state index contributed by atoms with van der Waals surface area (Å²) in [6.07, 6.45) is 1.13. The molecule has 0 bridgehead atoms. The van der Waals surface area contributed by atoms with Gasteiger partial charge in [0.05, 0.1) is 12.6 Å². The molecule has 1 aromatic carbocycles. The van der Waals surface area contributed by atoms with E-state index in [4.69, 9.17) is 4.74 Å². The molecule has 0 saturated heterocycles. The van der Waals surface area contributed by atoms with E-state index in [2.05, 4.69) is 46.4 Å². The van der Waals surface area contributed by atoms with E-state index in [-0.39, 0.29) is 6.04 Å². The minimum Gasteiger partial charge on any atom is -0.383 e. The summed E-state index contributed by atoms with van der Waals surface area (Å²) in [6, 6.07) is 8.62. The maximum absolute atomic E-state index is 5.22. The van der Waals surface area contributed by atoms with Gasteiger partial charge >= 0.3 is 0 Å². The monoisotopic (exact) mass is 271 g/mol. The fourth-order valence-electron chi connectivity index (χ4n) is 1.48. The van der Waals surface area contributed by atoms with E-state index >= 15 is 0 Å². The second-order valence-corrected chi connectivity index (χ2v) is 4.43. The number of hydrogen-bond donors (Lipinski definition) is 1. The fourth-order valence-corrected chi connectivity index (χ4v) is 1.90.